The third-order valence-electron chi connectivity index (χ3n) is 3.55. The number of ether oxygens (including phenoxy) is 1. The Morgan fingerprint density at radius 1 is 1.48 bits per heavy atom. The van der Waals surface area contributed by atoms with E-state index in [2.05, 4.69) is 47.8 Å². The summed E-state index contributed by atoms with van der Waals surface area (Å²) in [5.41, 5.74) is 2.38. The topological polar surface area (TPSA) is 42.3 Å². The van der Waals surface area contributed by atoms with Gasteiger partial charge in [-0.1, -0.05) is 0 Å². The second-order valence-corrected chi connectivity index (χ2v) is 6.26. The second-order valence-electron chi connectivity index (χ2n) is 5.31. The highest BCUT2D eigenvalue weighted by atomic mass is 32.1. The Morgan fingerprint density at radius 3 is 2.76 bits per heavy atom. The number of hydrogen-bond donors (Lipinski definition) is 1. The Hall–Kier alpha value is -1.37. The molecule has 0 bridgehead atoms. The molecule has 116 valence electrons. The Bertz CT molecular complexity index is 576. The lowest BCUT2D eigenvalue weighted by Gasteiger charge is -2.20. The molecule has 0 saturated heterocycles. The van der Waals surface area contributed by atoms with E-state index in [1.54, 1.807) is 24.6 Å². The van der Waals surface area contributed by atoms with Crippen LogP contribution in [-0.2, 0) is 6.54 Å². The molecular formula is C15H24N4OS. The molecule has 5 nitrogen and oxygen atoms in total. The fourth-order valence-corrected chi connectivity index (χ4v) is 3.41. The predicted octanol–water partition coefficient (Wildman–Crippen LogP) is 2.13. The summed E-state index contributed by atoms with van der Waals surface area (Å²) in [6.45, 7) is 3.93. The van der Waals surface area contributed by atoms with Gasteiger partial charge in [0.25, 0.3) is 0 Å². The van der Waals surface area contributed by atoms with Crippen LogP contribution < -0.4 is 10.1 Å². The highest BCUT2D eigenvalue weighted by molar-refractivity contribution is 7.10. The van der Waals surface area contributed by atoms with Crippen molar-refractivity contribution >= 4 is 11.3 Å². The first-order chi connectivity index (χ1) is 10.1. The quantitative estimate of drug-likeness (QED) is 0.851. The zero-order valence-corrected chi connectivity index (χ0v) is 14.2. The van der Waals surface area contributed by atoms with Crippen LogP contribution in [0.2, 0.25) is 0 Å². The number of thiophene rings is 1. The molecule has 0 saturated carbocycles. The van der Waals surface area contributed by atoms with E-state index in [1.807, 2.05) is 11.7 Å². The summed E-state index contributed by atoms with van der Waals surface area (Å²) in [5.74, 6) is 0.834. The predicted molar refractivity (Wildman–Crippen MR) is 87.3 cm³/mol. The second kappa shape index (κ2) is 7.06. The minimum Gasteiger partial charge on any atom is -0.493 e. The van der Waals surface area contributed by atoms with Crippen molar-refractivity contribution in [2.24, 2.45) is 0 Å². The van der Waals surface area contributed by atoms with E-state index in [-0.39, 0.29) is 6.04 Å². The van der Waals surface area contributed by atoms with Gasteiger partial charge in [-0.3, -0.25) is 4.68 Å². The van der Waals surface area contributed by atoms with Crippen LogP contribution in [0.15, 0.2) is 17.6 Å². The first-order valence-electron chi connectivity index (χ1n) is 7.04. The van der Waals surface area contributed by atoms with Crippen molar-refractivity contribution in [2.45, 2.75) is 19.5 Å². The van der Waals surface area contributed by atoms with E-state index < -0.39 is 0 Å². The summed E-state index contributed by atoms with van der Waals surface area (Å²) in [6.07, 6.45) is 1.80. The molecule has 1 N–H and O–H groups in total. The maximum absolute atomic E-state index is 5.52. The molecule has 0 aliphatic carbocycles. The van der Waals surface area contributed by atoms with Crippen molar-refractivity contribution < 1.29 is 4.74 Å². The van der Waals surface area contributed by atoms with Gasteiger partial charge in [0.05, 0.1) is 25.9 Å². The summed E-state index contributed by atoms with van der Waals surface area (Å²) in [5, 5.41) is 10.0. The third kappa shape index (κ3) is 3.45. The summed E-state index contributed by atoms with van der Waals surface area (Å²) >= 11 is 1.76. The Balaban J connectivity index is 2.39. The molecule has 0 aromatic carbocycles. The lowest BCUT2D eigenvalue weighted by Crippen LogP contribution is -2.25. The van der Waals surface area contributed by atoms with Crippen LogP contribution in [-0.4, -0.2) is 49.5 Å². The Morgan fingerprint density at radius 2 is 2.24 bits per heavy atom. The van der Waals surface area contributed by atoms with Gasteiger partial charge in [0, 0.05) is 11.4 Å². The average Bonchev–Trinajstić information content (AvgIpc) is 3.05. The van der Waals surface area contributed by atoms with Crippen molar-refractivity contribution in [1.29, 1.82) is 0 Å². The molecule has 0 aliphatic rings. The zero-order chi connectivity index (χ0) is 15.4. The van der Waals surface area contributed by atoms with E-state index in [0.29, 0.717) is 0 Å². The highest BCUT2D eigenvalue weighted by Gasteiger charge is 2.24. The van der Waals surface area contributed by atoms with Crippen LogP contribution in [0.4, 0.5) is 0 Å². The third-order valence-corrected chi connectivity index (χ3v) is 4.63. The van der Waals surface area contributed by atoms with E-state index in [0.717, 1.165) is 24.5 Å². The highest BCUT2D eigenvalue weighted by Crippen LogP contribution is 2.34. The molecule has 2 rings (SSSR count). The van der Waals surface area contributed by atoms with Gasteiger partial charge in [-0.05, 0) is 45.1 Å². The summed E-state index contributed by atoms with van der Waals surface area (Å²) in [4.78, 5) is 3.46. The van der Waals surface area contributed by atoms with Crippen LogP contribution in [0, 0.1) is 6.92 Å². The van der Waals surface area contributed by atoms with E-state index in [1.165, 1.54) is 10.4 Å². The standard InChI is InChI=1S/C15H24N4OS/c1-11-6-9-21-15(11)13(16-2)14-12(20-5)10-17-19(14)8-7-18(3)4/h6,9-10,13,16H,7-8H2,1-5H3. The molecule has 1 atom stereocenters. The number of hydrogen-bond acceptors (Lipinski definition) is 5. The maximum atomic E-state index is 5.52. The van der Waals surface area contributed by atoms with Gasteiger partial charge in [-0.25, -0.2) is 0 Å². The van der Waals surface area contributed by atoms with Gasteiger partial charge in [-0.2, -0.15) is 5.10 Å². The minimum absolute atomic E-state index is 0.101. The minimum atomic E-state index is 0.101. The molecule has 21 heavy (non-hydrogen) atoms. The first-order valence-corrected chi connectivity index (χ1v) is 7.92. The lowest BCUT2D eigenvalue weighted by atomic mass is 10.1. The molecule has 6 heteroatoms. The summed E-state index contributed by atoms with van der Waals surface area (Å²) < 4.78 is 7.56. The molecule has 2 aromatic heterocycles. The van der Waals surface area contributed by atoms with Crippen molar-refractivity contribution in [3.63, 3.8) is 0 Å². The molecular weight excluding hydrogens is 284 g/mol. The normalized spacial score (nSPS) is 12.9. The van der Waals surface area contributed by atoms with E-state index >= 15 is 0 Å². The largest absolute Gasteiger partial charge is 0.493 e. The van der Waals surface area contributed by atoms with Crippen LogP contribution in [0.3, 0.4) is 0 Å². The van der Waals surface area contributed by atoms with Gasteiger partial charge in [0.15, 0.2) is 5.75 Å². The number of nitrogens with zero attached hydrogens (tertiary/aromatic N) is 3. The van der Waals surface area contributed by atoms with Crippen molar-refractivity contribution in [3.8, 4) is 5.75 Å². The number of nitrogens with one attached hydrogen (secondary N) is 1. The van der Waals surface area contributed by atoms with Crippen molar-refractivity contribution in [1.82, 2.24) is 20.0 Å². The molecule has 0 spiro atoms. The van der Waals surface area contributed by atoms with Crippen molar-refractivity contribution in [3.05, 3.63) is 33.8 Å². The van der Waals surface area contributed by atoms with Crippen LogP contribution >= 0.6 is 11.3 Å². The Labute approximate surface area is 130 Å². The van der Waals surface area contributed by atoms with Crippen LogP contribution in [0.5, 0.6) is 5.75 Å². The monoisotopic (exact) mass is 308 g/mol. The smallest absolute Gasteiger partial charge is 0.161 e. The zero-order valence-electron chi connectivity index (χ0n) is 13.4. The summed E-state index contributed by atoms with van der Waals surface area (Å²) in [7, 11) is 7.82. The average molecular weight is 308 g/mol. The molecule has 2 heterocycles. The van der Waals surface area contributed by atoms with E-state index in [4.69, 9.17) is 4.74 Å². The van der Waals surface area contributed by atoms with Gasteiger partial charge in [0.2, 0.25) is 0 Å². The van der Waals surface area contributed by atoms with E-state index in [9.17, 15) is 0 Å². The molecule has 0 aliphatic heterocycles. The maximum Gasteiger partial charge on any atom is 0.161 e. The number of aromatic nitrogens is 2. The first kappa shape index (κ1) is 16.0. The lowest BCUT2D eigenvalue weighted by molar-refractivity contribution is 0.361. The molecule has 2 aromatic rings. The molecule has 0 radical (unpaired) electrons. The fourth-order valence-electron chi connectivity index (χ4n) is 2.37. The number of aryl methyl sites for hydroxylation is 1. The van der Waals surface area contributed by atoms with Crippen LogP contribution in [0.1, 0.15) is 22.2 Å². The van der Waals surface area contributed by atoms with Gasteiger partial charge in [-0.15, -0.1) is 11.3 Å². The van der Waals surface area contributed by atoms with Gasteiger partial charge in [0.1, 0.15) is 5.69 Å². The van der Waals surface area contributed by atoms with Crippen molar-refractivity contribution in [2.75, 3.05) is 34.8 Å². The fraction of sp³-hybridized carbons (Fsp3) is 0.533. The van der Waals surface area contributed by atoms with Gasteiger partial charge >= 0.3 is 0 Å². The summed E-state index contributed by atoms with van der Waals surface area (Å²) in [6, 6.07) is 2.25. The number of likely N-dealkylation sites (N-methyl/N-ethyl adjacent to an activating group) is 1. The Kier molecular flexibility index (Phi) is 5.39. The number of rotatable bonds is 7. The number of methoxy groups -OCH3 is 1. The molecule has 0 fully saturated rings. The SMILES string of the molecule is CNC(c1sccc1C)c1c(OC)cnn1CCN(C)C. The molecule has 0 amide bonds. The van der Waals surface area contributed by atoms with Crippen LogP contribution in [0.25, 0.3) is 0 Å². The molecule has 1 unspecified atom stereocenters. The van der Waals surface area contributed by atoms with Gasteiger partial charge < -0.3 is 15.0 Å².